The van der Waals surface area contributed by atoms with Crippen LogP contribution < -0.4 is 10.9 Å². The zero-order valence-corrected chi connectivity index (χ0v) is 13.4. The number of rotatable bonds is 3. The first-order chi connectivity index (χ1) is 12.9. The zero-order chi connectivity index (χ0) is 19.0. The number of fused-ring (bicyclic) bond motifs is 1. The van der Waals surface area contributed by atoms with Gasteiger partial charge in [0.15, 0.2) is 5.82 Å². The Morgan fingerprint density at radius 3 is 2.19 bits per heavy atom. The number of halogens is 3. The quantitative estimate of drug-likeness (QED) is 0.568. The van der Waals surface area contributed by atoms with E-state index in [-0.39, 0.29) is 17.1 Å². The van der Waals surface area contributed by atoms with Gasteiger partial charge in [-0.2, -0.15) is 18.2 Å². The van der Waals surface area contributed by atoms with Gasteiger partial charge in [-0.15, -0.1) is 0 Å². The molecule has 0 radical (unpaired) electrons. The second kappa shape index (κ2) is 6.24. The number of hydrogen-bond acceptors (Lipinski definition) is 6. The molecule has 0 spiro atoms. The van der Waals surface area contributed by atoms with Gasteiger partial charge in [0.2, 0.25) is 11.3 Å². The van der Waals surface area contributed by atoms with Crippen LogP contribution in [0.15, 0.2) is 58.0 Å². The lowest BCUT2D eigenvalue weighted by atomic mass is 10.0. The number of anilines is 2. The van der Waals surface area contributed by atoms with E-state index in [1.54, 1.807) is 24.3 Å². The summed E-state index contributed by atoms with van der Waals surface area (Å²) < 4.78 is 42.4. The fraction of sp³-hybridized carbons (Fsp3) is 0.0588. The molecular formula is C17H10F3N5O2. The fourth-order valence-corrected chi connectivity index (χ4v) is 2.48. The number of nitrogens with one attached hydrogen (secondary N) is 2. The Labute approximate surface area is 148 Å². The molecule has 0 amide bonds. The van der Waals surface area contributed by atoms with E-state index in [2.05, 4.69) is 30.2 Å². The third-order valence-corrected chi connectivity index (χ3v) is 3.83. The molecule has 0 unspecified atom stereocenters. The molecule has 27 heavy (non-hydrogen) atoms. The SMILES string of the molecule is O=c1[nH]c2nonc2nc1Nc1ccc(-c2ccc(C(F)(F)F)cc2)cc1. The summed E-state index contributed by atoms with van der Waals surface area (Å²) in [5, 5.41) is 9.89. The number of nitrogens with zero attached hydrogens (tertiary/aromatic N) is 3. The molecule has 0 aliphatic rings. The number of benzene rings is 2. The maximum atomic E-state index is 12.6. The maximum Gasteiger partial charge on any atom is 0.416 e. The first kappa shape index (κ1) is 16.8. The Hall–Kier alpha value is -3.69. The molecular weight excluding hydrogens is 363 g/mol. The average molecular weight is 373 g/mol. The van der Waals surface area contributed by atoms with Crippen molar-refractivity contribution in [2.45, 2.75) is 6.18 Å². The van der Waals surface area contributed by atoms with Gasteiger partial charge in [-0.3, -0.25) is 9.78 Å². The van der Waals surface area contributed by atoms with Gasteiger partial charge in [-0.1, -0.05) is 24.3 Å². The normalized spacial score (nSPS) is 11.7. The van der Waals surface area contributed by atoms with E-state index in [1.807, 2.05) is 0 Å². The molecule has 2 N–H and O–H groups in total. The van der Waals surface area contributed by atoms with Crippen LogP contribution >= 0.6 is 0 Å². The summed E-state index contributed by atoms with van der Waals surface area (Å²) in [7, 11) is 0. The van der Waals surface area contributed by atoms with Crippen LogP contribution in [0.2, 0.25) is 0 Å². The Bertz CT molecular complexity index is 1150. The highest BCUT2D eigenvalue weighted by atomic mass is 19.4. The van der Waals surface area contributed by atoms with E-state index in [4.69, 9.17) is 0 Å². The number of aromatic amines is 1. The minimum Gasteiger partial charge on any atom is -0.336 e. The average Bonchev–Trinajstić information content (AvgIpc) is 3.09. The lowest BCUT2D eigenvalue weighted by Crippen LogP contribution is -2.13. The summed E-state index contributed by atoms with van der Waals surface area (Å²) in [5.74, 6) is 0.0143. The van der Waals surface area contributed by atoms with Gasteiger partial charge in [0.1, 0.15) is 0 Å². The van der Waals surface area contributed by atoms with Gasteiger partial charge in [-0.05, 0) is 45.7 Å². The Morgan fingerprint density at radius 2 is 1.56 bits per heavy atom. The zero-order valence-electron chi connectivity index (χ0n) is 13.4. The molecule has 136 valence electrons. The molecule has 2 heterocycles. The fourth-order valence-electron chi connectivity index (χ4n) is 2.48. The number of H-pyrrole nitrogens is 1. The highest BCUT2D eigenvalue weighted by Crippen LogP contribution is 2.31. The van der Waals surface area contributed by atoms with Crippen molar-refractivity contribution >= 4 is 22.8 Å². The van der Waals surface area contributed by atoms with Crippen LogP contribution in [-0.4, -0.2) is 20.3 Å². The molecule has 10 heteroatoms. The Kier molecular flexibility index (Phi) is 3.87. The minimum absolute atomic E-state index is 0.0143. The summed E-state index contributed by atoms with van der Waals surface area (Å²) >= 11 is 0. The van der Waals surface area contributed by atoms with Gasteiger partial charge in [0, 0.05) is 5.69 Å². The molecule has 0 saturated carbocycles. The monoisotopic (exact) mass is 373 g/mol. The minimum atomic E-state index is -4.37. The van der Waals surface area contributed by atoms with Crippen molar-refractivity contribution in [3.63, 3.8) is 0 Å². The summed E-state index contributed by atoms with van der Waals surface area (Å²) in [5.41, 5.74) is 1.03. The third-order valence-electron chi connectivity index (χ3n) is 3.83. The highest BCUT2D eigenvalue weighted by molar-refractivity contribution is 5.70. The van der Waals surface area contributed by atoms with Crippen molar-refractivity contribution in [1.82, 2.24) is 20.3 Å². The van der Waals surface area contributed by atoms with Crippen LogP contribution in [0.5, 0.6) is 0 Å². The first-order valence-electron chi connectivity index (χ1n) is 7.67. The van der Waals surface area contributed by atoms with E-state index in [0.29, 0.717) is 11.3 Å². The van der Waals surface area contributed by atoms with Crippen molar-refractivity contribution in [2.24, 2.45) is 0 Å². The molecule has 0 atom stereocenters. The number of hydrogen-bond donors (Lipinski definition) is 2. The van der Waals surface area contributed by atoms with Crippen LogP contribution in [0.3, 0.4) is 0 Å². The molecule has 2 aromatic heterocycles. The lowest BCUT2D eigenvalue weighted by molar-refractivity contribution is -0.137. The molecule has 0 aliphatic carbocycles. The molecule has 0 fully saturated rings. The lowest BCUT2D eigenvalue weighted by Gasteiger charge is -2.09. The largest absolute Gasteiger partial charge is 0.416 e. The topological polar surface area (TPSA) is 96.7 Å². The third kappa shape index (κ3) is 3.36. The van der Waals surface area contributed by atoms with Crippen LogP contribution in [0.1, 0.15) is 5.56 Å². The molecule has 4 aromatic rings. The van der Waals surface area contributed by atoms with Gasteiger partial charge in [0.05, 0.1) is 5.56 Å². The van der Waals surface area contributed by atoms with Crippen molar-refractivity contribution in [3.05, 3.63) is 64.4 Å². The van der Waals surface area contributed by atoms with Crippen molar-refractivity contribution in [1.29, 1.82) is 0 Å². The summed E-state index contributed by atoms with van der Waals surface area (Å²) in [6.07, 6.45) is -4.37. The van der Waals surface area contributed by atoms with Crippen LogP contribution in [-0.2, 0) is 6.18 Å². The van der Waals surface area contributed by atoms with Crippen molar-refractivity contribution in [3.8, 4) is 11.1 Å². The molecule has 0 saturated heterocycles. The highest BCUT2D eigenvalue weighted by Gasteiger charge is 2.29. The molecule has 0 aliphatic heterocycles. The summed E-state index contributed by atoms with van der Waals surface area (Å²) in [6.45, 7) is 0. The second-order valence-corrected chi connectivity index (χ2v) is 5.63. The van der Waals surface area contributed by atoms with Gasteiger partial charge in [0.25, 0.3) is 5.56 Å². The van der Waals surface area contributed by atoms with Crippen LogP contribution in [0.4, 0.5) is 24.7 Å². The van der Waals surface area contributed by atoms with Crippen molar-refractivity contribution < 1.29 is 17.8 Å². The van der Waals surface area contributed by atoms with E-state index in [1.165, 1.54) is 12.1 Å². The summed E-state index contributed by atoms with van der Waals surface area (Å²) in [4.78, 5) is 18.4. The molecule has 7 nitrogen and oxygen atoms in total. The predicted molar refractivity (Wildman–Crippen MR) is 90.4 cm³/mol. The first-order valence-corrected chi connectivity index (χ1v) is 7.67. The Morgan fingerprint density at radius 1 is 0.926 bits per heavy atom. The van der Waals surface area contributed by atoms with Gasteiger partial charge < -0.3 is 5.32 Å². The van der Waals surface area contributed by atoms with Crippen LogP contribution in [0, 0.1) is 0 Å². The smallest absolute Gasteiger partial charge is 0.336 e. The van der Waals surface area contributed by atoms with E-state index >= 15 is 0 Å². The van der Waals surface area contributed by atoms with Crippen molar-refractivity contribution in [2.75, 3.05) is 5.32 Å². The summed E-state index contributed by atoms with van der Waals surface area (Å²) in [6, 6.07) is 11.7. The van der Waals surface area contributed by atoms with E-state index in [0.717, 1.165) is 17.7 Å². The molecule has 2 aromatic carbocycles. The maximum absolute atomic E-state index is 12.6. The predicted octanol–water partition coefficient (Wildman–Crippen LogP) is 3.74. The van der Waals surface area contributed by atoms with E-state index < -0.39 is 17.3 Å². The standard InChI is InChI=1S/C17H10F3N5O2/c18-17(19,20)11-5-1-9(2-6-11)10-3-7-12(8-4-10)21-15-16(26)23-14-13(22-15)24-27-25-14/h1-8H,(H,21,22,24)(H,23,25,26). The van der Waals surface area contributed by atoms with Crippen LogP contribution in [0.25, 0.3) is 22.4 Å². The number of alkyl halides is 3. The Balaban J connectivity index is 1.56. The van der Waals surface area contributed by atoms with Gasteiger partial charge >= 0.3 is 6.18 Å². The molecule has 0 bridgehead atoms. The van der Waals surface area contributed by atoms with Gasteiger partial charge in [-0.25, -0.2) is 4.63 Å². The second-order valence-electron chi connectivity index (χ2n) is 5.63. The van der Waals surface area contributed by atoms with E-state index in [9.17, 15) is 18.0 Å². The number of aromatic nitrogens is 4. The molecule has 4 rings (SSSR count).